The summed E-state index contributed by atoms with van der Waals surface area (Å²) in [5.41, 5.74) is 7.80. The van der Waals surface area contributed by atoms with E-state index in [1.165, 1.54) is 6.20 Å². The Balaban J connectivity index is 2.11. The number of rotatable bonds is 2. The maximum absolute atomic E-state index is 11.8. The van der Waals surface area contributed by atoms with Crippen molar-refractivity contribution in [3.8, 4) is 0 Å². The van der Waals surface area contributed by atoms with Gasteiger partial charge in [-0.1, -0.05) is 17.7 Å². The number of benzene rings is 1. The van der Waals surface area contributed by atoms with Crippen LogP contribution in [0.3, 0.4) is 0 Å². The van der Waals surface area contributed by atoms with Crippen molar-refractivity contribution in [2.24, 2.45) is 0 Å². The number of nitrogens with two attached hydrogens (primary N) is 1. The molecule has 0 bridgehead atoms. The largest absolute Gasteiger partial charge is 0.397 e. The van der Waals surface area contributed by atoms with Crippen molar-refractivity contribution in [3.05, 3.63) is 53.7 Å². The van der Waals surface area contributed by atoms with Crippen LogP contribution in [0.2, 0.25) is 0 Å². The van der Waals surface area contributed by atoms with Crippen LogP contribution in [0, 0.1) is 6.92 Å². The highest BCUT2D eigenvalue weighted by Gasteiger charge is 2.05. The van der Waals surface area contributed by atoms with Gasteiger partial charge in [-0.15, -0.1) is 0 Å². The molecular formula is C13H13N3O. The number of aromatic nitrogens is 1. The highest BCUT2D eigenvalue weighted by atomic mass is 16.1. The van der Waals surface area contributed by atoms with E-state index in [0.29, 0.717) is 17.1 Å². The predicted octanol–water partition coefficient (Wildman–Crippen LogP) is 2.22. The van der Waals surface area contributed by atoms with Crippen LogP contribution in [-0.4, -0.2) is 10.9 Å². The molecule has 0 radical (unpaired) electrons. The molecular weight excluding hydrogens is 214 g/mol. The van der Waals surface area contributed by atoms with Crippen LogP contribution < -0.4 is 11.1 Å². The van der Waals surface area contributed by atoms with Gasteiger partial charge in [-0.25, -0.2) is 4.98 Å². The van der Waals surface area contributed by atoms with E-state index in [0.717, 1.165) is 5.56 Å². The topological polar surface area (TPSA) is 68.0 Å². The van der Waals surface area contributed by atoms with Crippen LogP contribution in [0.25, 0.3) is 0 Å². The summed E-state index contributed by atoms with van der Waals surface area (Å²) < 4.78 is 0. The summed E-state index contributed by atoms with van der Waals surface area (Å²) in [5, 5.41) is 2.70. The molecule has 4 nitrogen and oxygen atoms in total. The fourth-order valence-corrected chi connectivity index (χ4v) is 1.37. The van der Waals surface area contributed by atoms with Gasteiger partial charge in [0.25, 0.3) is 5.91 Å². The van der Waals surface area contributed by atoms with Crippen LogP contribution in [0.5, 0.6) is 0 Å². The maximum Gasteiger partial charge on any atom is 0.256 e. The van der Waals surface area contributed by atoms with Crippen molar-refractivity contribution in [2.75, 3.05) is 11.1 Å². The molecule has 0 atom stereocenters. The summed E-state index contributed by atoms with van der Waals surface area (Å²) in [6.45, 7) is 1.98. The van der Waals surface area contributed by atoms with Crippen molar-refractivity contribution in [3.63, 3.8) is 0 Å². The molecule has 4 heteroatoms. The van der Waals surface area contributed by atoms with E-state index in [4.69, 9.17) is 5.73 Å². The SMILES string of the molecule is Cc1ccc(C(=O)Nc2ccc(N)cn2)cc1. The summed E-state index contributed by atoms with van der Waals surface area (Å²) >= 11 is 0. The summed E-state index contributed by atoms with van der Waals surface area (Å²) in [6.07, 6.45) is 1.50. The molecule has 3 N–H and O–H groups in total. The van der Waals surface area contributed by atoms with E-state index in [1.807, 2.05) is 19.1 Å². The first kappa shape index (κ1) is 11.1. The Morgan fingerprint density at radius 2 is 1.88 bits per heavy atom. The number of nitrogens with zero attached hydrogens (tertiary/aromatic N) is 1. The molecule has 0 aliphatic rings. The highest BCUT2D eigenvalue weighted by molar-refractivity contribution is 6.03. The zero-order valence-electron chi connectivity index (χ0n) is 9.47. The van der Waals surface area contributed by atoms with Crippen molar-refractivity contribution in [2.45, 2.75) is 6.92 Å². The normalized spacial score (nSPS) is 9.94. The third-order valence-corrected chi connectivity index (χ3v) is 2.34. The van der Waals surface area contributed by atoms with E-state index in [1.54, 1.807) is 24.3 Å². The van der Waals surface area contributed by atoms with E-state index >= 15 is 0 Å². The van der Waals surface area contributed by atoms with Crippen LogP contribution in [-0.2, 0) is 0 Å². The molecule has 0 aliphatic heterocycles. The first-order chi connectivity index (χ1) is 8.15. The minimum Gasteiger partial charge on any atom is -0.397 e. The molecule has 86 valence electrons. The number of pyridine rings is 1. The molecule has 0 saturated carbocycles. The average Bonchev–Trinajstić information content (AvgIpc) is 2.33. The second-order valence-corrected chi connectivity index (χ2v) is 3.80. The number of amides is 1. The second kappa shape index (κ2) is 4.65. The smallest absolute Gasteiger partial charge is 0.256 e. The van der Waals surface area contributed by atoms with E-state index in [9.17, 15) is 4.79 Å². The number of carbonyl (C=O) groups is 1. The zero-order chi connectivity index (χ0) is 12.3. The van der Waals surface area contributed by atoms with Crippen LogP contribution in [0.4, 0.5) is 11.5 Å². The van der Waals surface area contributed by atoms with Gasteiger partial charge in [-0.05, 0) is 31.2 Å². The highest BCUT2D eigenvalue weighted by Crippen LogP contribution is 2.09. The van der Waals surface area contributed by atoms with Crippen molar-refractivity contribution in [1.82, 2.24) is 4.98 Å². The quantitative estimate of drug-likeness (QED) is 0.826. The van der Waals surface area contributed by atoms with Gasteiger partial charge in [0.05, 0.1) is 11.9 Å². The molecule has 17 heavy (non-hydrogen) atoms. The molecule has 0 unspecified atom stereocenters. The van der Waals surface area contributed by atoms with Crippen LogP contribution >= 0.6 is 0 Å². The summed E-state index contributed by atoms with van der Waals surface area (Å²) in [7, 11) is 0. The van der Waals surface area contributed by atoms with E-state index in [-0.39, 0.29) is 5.91 Å². The Kier molecular flexibility index (Phi) is 3.05. The molecule has 0 fully saturated rings. The summed E-state index contributed by atoms with van der Waals surface area (Å²) in [4.78, 5) is 15.8. The van der Waals surface area contributed by atoms with Crippen molar-refractivity contribution >= 4 is 17.4 Å². The number of nitrogen functional groups attached to an aromatic ring is 1. The molecule has 0 saturated heterocycles. The third kappa shape index (κ3) is 2.81. The monoisotopic (exact) mass is 227 g/mol. The van der Waals surface area contributed by atoms with Gasteiger partial charge in [0.2, 0.25) is 0 Å². The minimum absolute atomic E-state index is 0.178. The Labute approximate surface area is 99.5 Å². The second-order valence-electron chi connectivity index (χ2n) is 3.80. The van der Waals surface area contributed by atoms with Gasteiger partial charge >= 0.3 is 0 Å². The molecule has 2 rings (SSSR count). The number of aryl methyl sites for hydroxylation is 1. The minimum atomic E-state index is -0.178. The first-order valence-corrected chi connectivity index (χ1v) is 5.25. The number of hydrogen-bond acceptors (Lipinski definition) is 3. The standard InChI is InChI=1S/C13H13N3O/c1-9-2-4-10(5-3-9)13(17)16-12-7-6-11(14)8-15-12/h2-8H,14H2,1H3,(H,15,16,17). The molecule has 0 aliphatic carbocycles. The first-order valence-electron chi connectivity index (χ1n) is 5.25. The Morgan fingerprint density at radius 1 is 1.18 bits per heavy atom. The molecule has 1 aromatic heterocycles. The number of hydrogen-bond donors (Lipinski definition) is 2. The number of anilines is 2. The van der Waals surface area contributed by atoms with Gasteiger partial charge in [-0.3, -0.25) is 4.79 Å². The van der Waals surface area contributed by atoms with Gasteiger partial charge in [0, 0.05) is 5.56 Å². The van der Waals surface area contributed by atoms with Gasteiger partial charge in [-0.2, -0.15) is 0 Å². The molecule has 2 aromatic rings. The lowest BCUT2D eigenvalue weighted by molar-refractivity contribution is 0.102. The number of nitrogens with one attached hydrogen (secondary N) is 1. The molecule has 1 heterocycles. The van der Waals surface area contributed by atoms with Gasteiger partial charge in [0.15, 0.2) is 0 Å². The van der Waals surface area contributed by atoms with Crippen molar-refractivity contribution < 1.29 is 4.79 Å². The number of carbonyl (C=O) groups excluding carboxylic acids is 1. The average molecular weight is 227 g/mol. The lowest BCUT2D eigenvalue weighted by Gasteiger charge is -2.04. The van der Waals surface area contributed by atoms with E-state index in [2.05, 4.69) is 10.3 Å². The van der Waals surface area contributed by atoms with Gasteiger partial charge < -0.3 is 11.1 Å². The fraction of sp³-hybridized carbons (Fsp3) is 0.0769. The molecule has 1 amide bonds. The zero-order valence-corrected chi connectivity index (χ0v) is 9.47. The lowest BCUT2D eigenvalue weighted by Crippen LogP contribution is -2.12. The summed E-state index contributed by atoms with van der Waals surface area (Å²) in [6, 6.07) is 10.7. The third-order valence-electron chi connectivity index (χ3n) is 2.34. The molecule has 0 spiro atoms. The Morgan fingerprint density at radius 3 is 2.47 bits per heavy atom. The maximum atomic E-state index is 11.8. The summed E-state index contributed by atoms with van der Waals surface area (Å²) in [5.74, 6) is 0.312. The fourth-order valence-electron chi connectivity index (χ4n) is 1.37. The van der Waals surface area contributed by atoms with Crippen LogP contribution in [0.1, 0.15) is 15.9 Å². The Hall–Kier alpha value is -2.36. The molecule has 1 aromatic carbocycles. The van der Waals surface area contributed by atoms with Crippen LogP contribution in [0.15, 0.2) is 42.6 Å². The van der Waals surface area contributed by atoms with Crippen molar-refractivity contribution in [1.29, 1.82) is 0 Å². The lowest BCUT2D eigenvalue weighted by atomic mass is 10.1. The predicted molar refractivity (Wildman–Crippen MR) is 67.8 cm³/mol. The Bertz CT molecular complexity index is 517. The van der Waals surface area contributed by atoms with Gasteiger partial charge in [0.1, 0.15) is 5.82 Å². The van der Waals surface area contributed by atoms with E-state index < -0.39 is 0 Å².